The SMILES string of the molecule is Cc1cc(NS(=O)(=O)c2ccccc2Cl)ccc1/C=C/c1cnc(N[C@H]2CC[C@H](N(C)C)CC2)nc1. The van der Waals surface area contributed by atoms with Crippen LogP contribution in [0.1, 0.15) is 42.4 Å². The molecule has 0 radical (unpaired) electrons. The third-order valence-electron chi connectivity index (χ3n) is 6.54. The van der Waals surface area contributed by atoms with Crippen molar-refractivity contribution in [1.82, 2.24) is 14.9 Å². The molecular formula is C27H32ClN5O2S. The lowest BCUT2D eigenvalue weighted by Crippen LogP contribution is -2.36. The van der Waals surface area contributed by atoms with E-state index in [2.05, 4.69) is 39.0 Å². The molecule has 0 aliphatic heterocycles. The minimum Gasteiger partial charge on any atom is -0.351 e. The lowest BCUT2D eigenvalue weighted by molar-refractivity contribution is 0.221. The number of aromatic nitrogens is 2. The molecule has 1 saturated carbocycles. The van der Waals surface area contributed by atoms with E-state index in [-0.39, 0.29) is 9.92 Å². The van der Waals surface area contributed by atoms with Crippen molar-refractivity contribution < 1.29 is 8.42 Å². The zero-order valence-corrected chi connectivity index (χ0v) is 22.4. The molecular weight excluding hydrogens is 494 g/mol. The topological polar surface area (TPSA) is 87.2 Å². The fraction of sp³-hybridized carbons (Fsp3) is 0.333. The van der Waals surface area contributed by atoms with Gasteiger partial charge in [-0.3, -0.25) is 4.72 Å². The fourth-order valence-electron chi connectivity index (χ4n) is 4.40. The summed E-state index contributed by atoms with van der Waals surface area (Å²) >= 11 is 6.06. The van der Waals surface area contributed by atoms with Gasteiger partial charge in [0.1, 0.15) is 4.90 Å². The quantitative estimate of drug-likeness (QED) is 0.392. The van der Waals surface area contributed by atoms with Crippen molar-refractivity contribution in [2.75, 3.05) is 24.1 Å². The number of nitrogens with one attached hydrogen (secondary N) is 2. The van der Waals surface area contributed by atoms with E-state index < -0.39 is 10.0 Å². The molecule has 2 N–H and O–H groups in total. The van der Waals surface area contributed by atoms with Crippen LogP contribution in [-0.4, -0.2) is 49.5 Å². The van der Waals surface area contributed by atoms with Gasteiger partial charge in [-0.25, -0.2) is 18.4 Å². The monoisotopic (exact) mass is 525 g/mol. The third kappa shape index (κ3) is 6.63. The second-order valence-electron chi connectivity index (χ2n) is 9.39. The van der Waals surface area contributed by atoms with Gasteiger partial charge in [0.15, 0.2) is 0 Å². The van der Waals surface area contributed by atoms with Gasteiger partial charge in [0.2, 0.25) is 5.95 Å². The summed E-state index contributed by atoms with van der Waals surface area (Å²) in [6, 6.07) is 12.8. The number of hydrogen-bond acceptors (Lipinski definition) is 6. The molecule has 0 saturated heterocycles. The first-order chi connectivity index (χ1) is 17.2. The number of benzene rings is 2. The molecule has 1 heterocycles. The molecule has 1 aromatic heterocycles. The number of halogens is 1. The normalized spacial score (nSPS) is 18.5. The molecule has 9 heteroatoms. The first-order valence-electron chi connectivity index (χ1n) is 12.0. The molecule has 2 aromatic carbocycles. The molecule has 7 nitrogen and oxygen atoms in total. The zero-order valence-electron chi connectivity index (χ0n) is 20.8. The van der Waals surface area contributed by atoms with Crippen molar-refractivity contribution >= 4 is 45.4 Å². The Morgan fingerprint density at radius 1 is 1.00 bits per heavy atom. The van der Waals surface area contributed by atoms with Crippen LogP contribution in [0.4, 0.5) is 11.6 Å². The van der Waals surface area contributed by atoms with E-state index in [4.69, 9.17) is 11.6 Å². The number of anilines is 2. The maximum atomic E-state index is 12.7. The number of sulfonamides is 1. The van der Waals surface area contributed by atoms with Crippen LogP contribution in [0.2, 0.25) is 5.02 Å². The highest BCUT2D eigenvalue weighted by Gasteiger charge is 2.22. The molecule has 0 atom stereocenters. The predicted octanol–water partition coefficient (Wildman–Crippen LogP) is 5.69. The van der Waals surface area contributed by atoms with Crippen LogP contribution in [0.3, 0.4) is 0 Å². The summed E-state index contributed by atoms with van der Waals surface area (Å²) in [6.07, 6.45) is 12.1. The van der Waals surface area contributed by atoms with Crippen molar-refractivity contribution in [3.63, 3.8) is 0 Å². The standard InChI is InChI=1S/C27H32ClN5O2S/c1-19-16-23(32-36(34,35)26-7-5-4-6-25(26)28)11-10-21(19)9-8-20-17-29-27(30-18-20)31-22-12-14-24(15-13-22)33(2)3/h4-11,16-18,22,24,32H,12-15H2,1-3H3,(H,29,30,31)/b9-8+/t22-,24-. The molecule has 0 bridgehead atoms. The third-order valence-corrected chi connectivity index (χ3v) is 8.42. The molecule has 4 rings (SSSR count). The van der Waals surface area contributed by atoms with Gasteiger partial charge in [-0.1, -0.05) is 42.0 Å². The number of rotatable bonds is 8. The summed E-state index contributed by atoms with van der Waals surface area (Å²) in [4.78, 5) is 11.3. The van der Waals surface area contributed by atoms with Crippen LogP contribution in [-0.2, 0) is 10.0 Å². The van der Waals surface area contributed by atoms with Crippen LogP contribution < -0.4 is 10.0 Å². The highest BCUT2D eigenvalue weighted by atomic mass is 35.5. The Hall–Kier alpha value is -2.94. The van der Waals surface area contributed by atoms with E-state index >= 15 is 0 Å². The first-order valence-corrected chi connectivity index (χ1v) is 13.9. The van der Waals surface area contributed by atoms with Gasteiger partial charge >= 0.3 is 0 Å². The van der Waals surface area contributed by atoms with E-state index in [1.807, 2.05) is 25.1 Å². The molecule has 0 spiro atoms. The molecule has 36 heavy (non-hydrogen) atoms. The van der Waals surface area contributed by atoms with Crippen molar-refractivity contribution in [3.8, 4) is 0 Å². The van der Waals surface area contributed by atoms with Gasteiger partial charge < -0.3 is 10.2 Å². The Labute approximate surface area is 218 Å². The lowest BCUT2D eigenvalue weighted by Gasteiger charge is -2.32. The second kappa shape index (κ2) is 11.4. The largest absolute Gasteiger partial charge is 0.351 e. The fourth-order valence-corrected chi connectivity index (χ4v) is 5.97. The maximum absolute atomic E-state index is 12.7. The Morgan fingerprint density at radius 2 is 1.69 bits per heavy atom. The van der Waals surface area contributed by atoms with E-state index in [0.717, 1.165) is 29.5 Å². The summed E-state index contributed by atoms with van der Waals surface area (Å²) in [5, 5.41) is 3.64. The van der Waals surface area contributed by atoms with Crippen LogP contribution in [0.5, 0.6) is 0 Å². The molecule has 3 aromatic rings. The smallest absolute Gasteiger partial charge is 0.263 e. The Morgan fingerprint density at radius 3 is 2.33 bits per heavy atom. The summed E-state index contributed by atoms with van der Waals surface area (Å²) < 4.78 is 28.0. The van der Waals surface area contributed by atoms with E-state index in [1.165, 1.54) is 18.9 Å². The first kappa shape index (κ1) is 26.1. The molecule has 1 aliphatic carbocycles. The summed E-state index contributed by atoms with van der Waals surface area (Å²) in [5.74, 6) is 0.659. The molecule has 0 unspecified atom stereocenters. The van der Waals surface area contributed by atoms with Crippen LogP contribution in [0, 0.1) is 6.92 Å². The van der Waals surface area contributed by atoms with Crippen LogP contribution >= 0.6 is 11.6 Å². The lowest BCUT2D eigenvalue weighted by atomic mass is 9.91. The minimum absolute atomic E-state index is 0.0486. The van der Waals surface area contributed by atoms with Gasteiger partial charge in [0.05, 0.1) is 5.02 Å². The van der Waals surface area contributed by atoms with Crippen molar-refractivity contribution in [3.05, 3.63) is 76.6 Å². The summed E-state index contributed by atoms with van der Waals surface area (Å²) in [6.45, 7) is 1.93. The van der Waals surface area contributed by atoms with Crippen molar-refractivity contribution in [2.45, 2.75) is 49.6 Å². The molecule has 1 fully saturated rings. The van der Waals surface area contributed by atoms with Gasteiger partial charge in [0, 0.05) is 35.7 Å². The van der Waals surface area contributed by atoms with E-state index in [1.54, 1.807) is 42.7 Å². The van der Waals surface area contributed by atoms with Gasteiger partial charge in [-0.2, -0.15) is 0 Å². The summed E-state index contributed by atoms with van der Waals surface area (Å²) in [7, 11) is 0.517. The second-order valence-corrected chi connectivity index (χ2v) is 11.5. The van der Waals surface area contributed by atoms with Gasteiger partial charge in [0.25, 0.3) is 10.0 Å². The van der Waals surface area contributed by atoms with E-state index in [0.29, 0.717) is 23.7 Å². The number of aryl methyl sites for hydroxylation is 1. The maximum Gasteiger partial charge on any atom is 0.263 e. The van der Waals surface area contributed by atoms with Crippen molar-refractivity contribution in [1.29, 1.82) is 0 Å². The van der Waals surface area contributed by atoms with E-state index in [9.17, 15) is 8.42 Å². The van der Waals surface area contributed by atoms with Crippen molar-refractivity contribution in [2.24, 2.45) is 0 Å². The Bertz CT molecular complexity index is 1320. The highest BCUT2D eigenvalue weighted by Crippen LogP contribution is 2.26. The zero-order chi connectivity index (χ0) is 25.7. The minimum atomic E-state index is -3.78. The van der Waals surface area contributed by atoms with Gasteiger partial charge in [-0.05, 0) is 82.1 Å². The van der Waals surface area contributed by atoms with Crippen LogP contribution in [0.15, 0.2) is 59.8 Å². The van der Waals surface area contributed by atoms with Crippen LogP contribution in [0.25, 0.3) is 12.2 Å². The number of hydrogen-bond donors (Lipinski definition) is 2. The molecule has 1 aliphatic rings. The molecule has 0 amide bonds. The summed E-state index contributed by atoms with van der Waals surface area (Å²) in [5.41, 5.74) is 3.26. The average molecular weight is 526 g/mol. The average Bonchev–Trinajstić information content (AvgIpc) is 2.85. The Balaban J connectivity index is 1.36. The Kier molecular flexibility index (Phi) is 8.28. The predicted molar refractivity (Wildman–Crippen MR) is 148 cm³/mol. The highest BCUT2D eigenvalue weighted by molar-refractivity contribution is 7.92. The molecule has 190 valence electrons. The van der Waals surface area contributed by atoms with Gasteiger partial charge in [-0.15, -0.1) is 0 Å². The number of nitrogens with zero attached hydrogens (tertiary/aromatic N) is 3.